The minimum Gasteiger partial charge on any atom is -0.379 e. The summed E-state index contributed by atoms with van der Waals surface area (Å²) in [7, 11) is 0. The Morgan fingerprint density at radius 2 is 2.18 bits per heavy atom. The number of halogens is 2. The van der Waals surface area contributed by atoms with E-state index < -0.39 is 0 Å². The predicted molar refractivity (Wildman–Crippen MR) is 75.3 cm³/mol. The Morgan fingerprint density at radius 1 is 1.35 bits per heavy atom. The Morgan fingerprint density at radius 3 is 2.82 bits per heavy atom. The summed E-state index contributed by atoms with van der Waals surface area (Å²) in [5.74, 6) is 0. The molecule has 0 saturated carbocycles. The molecule has 0 aliphatic rings. The Balaban J connectivity index is 2.02. The highest BCUT2D eigenvalue weighted by Gasteiger charge is 2.03. The topological polar surface area (TPSA) is 24.9 Å². The van der Waals surface area contributed by atoms with Gasteiger partial charge in [-0.1, -0.05) is 30.1 Å². The molecule has 90 valence electrons. The number of rotatable bonds is 4. The molecule has 1 heterocycles. The van der Waals surface area contributed by atoms with Crippen LogP contribution in [0.3, 0.4) is 0 Å². The predicted octanol–water partition coefficient (Wildman–Crippen LogP) is 4.62. The average Bonchev–Trinajstić information content (AvgIpc) is 2.76. The van der Waals surface area contributed by atoms with E-state index in [1.54, 1.807) is 17.4 Å². The molecule has 0 radical (unpaired) electrons. The standard InChI is InChI=1S/C12H12Cl2N2S/c1-2-12-16-7-9(17-12)6-15-11-4-3-8(13)5-10(11)14/h3-5,7,15H,2,6H2,1H3. The fraction of sp³-hybridized carbons (Fsp3) is 0.250. The zero-order chi connectivity index (χ0) is 12.3. The minimum atomic E-state index is 0.637. The van der Waals surface area contributed by atoms with Gasteiger partial charge in [-0.15, -0.1) is 11.3 Å². The van der Waals surface area contributed by atoms with Crippen LogP contribution in [0.5, 0.6) is 0 Å². The van der Waals surface area contributed by atoms with Gasteiger partial charge in [0.25, 0.3) is 0 Å². The van der Waals surface area contributed by atoms with Crippen molar-refractivity contribution in [3.63, 3.8) is 0 Å². The molecule has 1 N–H and O–H groups in total. The lowest BCUT2D eigenvalue weighted by Gasteiger charge is -2.06. The van der Waals surface area contributed by atoms with Crippen molar-refractivity contribution >= 4 is 40.2 Å². The molecule has 2 nitrogen and oxygen atoms in total. The first kappa shape index (κ1) is 12.7. The summed E-state index contributed by atoms with van der Waals surface area (Å²) < 4.78 is 0. The van der Waals surface area contributed by atoms with Gasteiger partial charge < -0.3 is 5.32 Å². The van der Waals surface area contributed by atoms with Gasteiger partial charge in [-0.05, 0) is 24.6 Å². The van der Waals surface area contributed by atoms with Crippen molar-refractivity contribution in [1.82, 2.24) is 4.98 Å². The molecule has 0 unspecified atom stereocenters. The third-order valence-corrected chi connectivity index (χ3v) is 3.98. The molecule has 1 aromatic carbocycles. The summed E-state index contributed by atoms with van der Waals surface area (Å²) >= 11 is 13.6. The molecule has 1 aromatic heterocycles. The van der Waals surface area contributed by atoms with Gasteiger partial charge in [0, 0.05) is 16.1 Å². The highest BCUT2D eigenvalue weighted by molar-refractivity contribution is 7.11. The number of benzene rings is 1. The highest BCUT2D eigenvalue weighted by Crippen LogP contribution is 2.26. The minimum absolute atomic E-state index is 0.637. The maximum Gasteiger partial charge on any atom is 0.0925 e. The number of thiazole rings is 1. The zero-order valence-electron chi connectivity index (χ0n) is 9.34. The highest BCUT2D eigenvalue weighted by atomic mass is 35.5. The van der Waals surface area contributed by atoms with E-state index in [9.17, 15) is 0 Å². The normalized spacial score (nSPS) is 10.5. The lowest BCUT2D eigenvalue weighted by molar-refractivity contribution is 1.09. The number of hydrogen-bond donors (Lipinski definition) is 1. The number of nitrogens with zero attached hydrogens (tertiary/aromatic N) is 1. The van der Waals surface area contributed by atoms with Crippen molar-refractivity contribution in [1.29, 1.82) is 0 Å². The average molecular weight is 287 g/mol. The monoisotopic (exact) mass is 286 g/mol. The molecule has 5 heteroatoms. The van der Waals surface area contributed by atoms with Gasteiger partial charge in [-0.3, -0.25) is 0 Å². The fourth-order valence-corrected chi connectivity index (χ4v) is 2.69. The van der Waals surface area contributed by atoms with Crippen LogP contribution >= 0.6 is 34.5 Å². The summed E-state index contributed by atoms with van der Waals surface area (Å²) in [4.78, 5) is 5.51. The van der Waals surface area contributed by atoms with Crippen LogP contribution in [-0.2, 0) is 13.0 Å². The molecule has 0 fully saturated rings. The van der Waals surface area contributed by atoms with Gasteiger partial charge >= 0.3 is 0 Å². The van der Waals surface area contributed by atoms with E-state index in [-0.39, 0.29) is 0 Å². The molecule has 0 saturated heterocycles. The van der Waals surface area contributed by atoms with Crippen LogP contribution in [0.2, 0.25) is 10.0 Å². The smallest absolute Gasteiger partial charge is 0.0925 e. The van der Waals surface area contributed by atoms with Crippen LogP contribution in [0.15, 0.2) is 24.4 Å². The third kappa shape index (κ3) is 3.35. The molecule has 0 atom stereocenters. The fourth-order valence-electron chi connectivity index (χ4n) is 1.41. The number of aromatic nitrogens is 1. The number of aryl methyl sites for hydroxylation is 1. The van der Waals surface area contributed by atoms with Crippen molar-refractivity contribution < 1.29 is 0 Å². The van der Waals surface area contributed by atoms with Gasteiger partial charge in [0.05, 0.1) is 22.3 Å². The molecule has 0 spiro atoms. The van der Waals surface area contributed by atoms with Crippen LogP contribution in [-0.4, -0.2) is 4.98 Å². The molecule has 0 aliphatic heterocycles. The molecule has 0 bridgehead atoms. The number of anilines is 1. The molecule has 0 amide bonds. The summed E-state index contributed by atoms with van der Waals surface area (Å²) in [5.41, 5.74) is 0.891. The van der Waals surface area contributed by atoms with E-state index in [0.29, 0.717) is 10.0 Å². The first-order valence-corrected chi connectivity index (χ1v) is 6.88. The second-order valence-corrected chi connectivity index (χ2v) is 5.59. The maximum absolute atomic E-state index is 6.07. The van der Waals surface area contributed by atoms with Crippen molar-refractivity contribution in [3.8, 4) is 0 Å². The molecule has 2 aromatic rings. The summed E-state index contributed by atoms with van der Waals surface area (Å²) in [5, 5.41) is 5.71. The van der Waals surface area contributed by atoms with Gasteiger partial charge in [-0.2, -0.15) is 0 Å². The van der Waals surface area contributed by atoms with Crippen LogP contribution in [0.1, 0.15) is 16.8 Å². The summed E-state index contributed by atoms with van der Waals surface area (Å²) in [6, 6.07) is 5.43. The van der Waals surface area contributed by atoms with E-state index in [2.05, 4.69) is 17.2 Å². The van der Waals surface area contributed by atoms with Gasteiger partial charge in [0.1, 0.15) is 0 Å². The van der Waals surface area contributed by atoms with Gasteiger partial charge in [0.15, 0.2) is 0 Å². The Kier molecular flexibility index (Phi) is 4.26. The Hall–Kier alpha value is -0.770. The second kappa shape index (κ2) is 5.71. The SMILES string of the molecule is CCc1ncc(CNc2ccc(Cl)cc2Cl)s1. The first-order valence-electron chi connectivity index (χ1n) is 5.31. The van der Waals surface area contributed by atoms with Crippen molar-refractivity contribution in [2.45, 2.75) is 19.9 Å². The Bertz CT molecular complexity index is 511. The van der Waals surface area contributed by atoms with Crippen molar-refractivity contribution in [3.05, 3.63) is 44.3 Å². The lowest BCUT2D eigenvalue weighted by atomic mass is 10.3. The van der Waals surface area contributed by atoms with Crippen molar-refractivity contribution in [2.75, 3.05) is 5.32 Å². The van der Waals surface area contributed by atoms with E-state index in [0.717, 1.165) is 23.7 Å². The molecule has 2 rings (SSSR count). The van der Waals surface area contributed by atoms with Crippen molar-refractivity contribution in [2.24, 2.45) is 0 Å². The maximum atomic E-state index is 6.07. The van der Waals surface area contributed by atoms with E-state index >= 15 is 0 Å². The van der Waals surface area contributed by atoms with Gasteiger partial charge in [-0.25, -0.2) is 4.98 Å². The lowest BCUT2D eigenvalue weighted by Crippen LogP contribution is -1.97. The van der Waals surface area contributed by atoms with Crippen LogP contribution < -0.4 is 5.32 Å². The second-order valence-electron chi connectivity index (χ2n) is 3.55. The summed E-state index contributed by atoms with van der Waals surface area (Å²) in [6.45, 7) is 2.84. The van der Waals surface area contributed by atoms with E-state index in [1.165, 1.54) is 4.88 Å². The summed E-state index contributed by atoms with van der Waals surface area (Å²) in [6.07, 6.45) is 2.88. The quantitative estimate of drug-likeness (QED) is 0.887. The number of nitrogens with one attached hydrogen (secondary N) is 1. The largest absolute Gasteiger partial charge is 0.379 e. The Labute approximate surface area is 115 Å². The third-order valence-electron chi connectivity index (χ3n) is 2.29. The molecular weight excluding hydrogens is 275 g/mol. The van der Waals surface area contributed by atoms with Crippen LogP contribution in [0, 0.1) is 0 Å². The molecule has 17 heavy (non-hydrogen) atoms. The van der Waals surface area contributed by atoms with E-state index in [4.69, 9.17) is 23.2 Å². The van der Waals surface area contributed by atoms with E-state index in [1.807, 2.05) is 18.3 Å². The first-order chi connectivity index (χ1) is 8.19. The molecular formula is C12H12Cl2N2S. The zero-order valence-corrected chi connectivity index (χ0v) is 11.7. The number of hydrogen-bond acceptors (Lipinski definition) is 3. The van der Waals surface area contributed by atoms with Crippen LogP contribution in [0.4, 0.5) is 5.69 Å². The van der Waals surface area contributed by atoms with Gasteiger partial charge in [0.2, 0.25) is 0 Å². The van der Waals surface area contributed by atoms with Crippen LogP contribution in [0.25, 0.3) is 0 Å². The molecule has 0 aliphatic carbocycles.